The van der Waals surface area contributed by atoms with Crippen LogP contribution in [0.2, 0.25) is 5.02 Å². The lowest BCUT2D eigenvalue weighted by molar-refractivity contribution is 0.0977. The van der Waals surface area contributed by atoms with E-state index in [0.717, 1.165) is 17.0 Å². The number of hydrogen-bond donors (Lipinski definition) is 2. The number of rotatable bonds is 5. The van der Waals surface area contributed by atoms with Crippen molar-refractivity contribution in [2.45, 2.75) is 20.3 Å². The van der Waals surface area contributed by atoms with Crippen LogP contribution in [-0.2, 0) is 13.5 Å². The lowest BCUT2D eigenvalue weighted by atomic mass is 10.1. The van der Waals surface area contributed by atoms with Gasteiger partial charge in [-0.2, -0.15) is 5.10 Å². The van der Waals surface area contributed by atoms with Crippen molar-refractivity contribution in [3.05, 3.63) is 81.9 Å². The van der Waals surface area contributed by atoms with Gasteiger partial charge in [0.05, 0.1) is 5.69 Å². The van der Waals surface area contributed by atoms with Gasteiger partial charge in [-0.1, -0.05) is 17.7 Å². The fraction of sp³-hybridized carbons (Fsp3) is 0.227. The number of nitrogens with zero attached hydrogens (tertiary/aromatic N) is 3. The predicted octanol–water partition coefficient (Wildman–Crippen LogP) is 4.27. The predicted molar refractivity (Wildman–Crippen MR) is 118 cm³/mol. The Morgan fingerprint density at radius 2 is 1.93 bits per heavy atom. The zero-order chi connectivity index (χ0) is 21.7. The molecule has 2 aromatic carbocycles. The molecule has 6 nitrogen and oxygen atoms in total. The Morgan fingerprint density at radius 3 is 2.57 bits per heavy atom. The summed E-state index contributed by atoms with van der Waals surface area (Å²) in [6.07, 6.45) is 0.663. The van der Waals surface area contributed by atoms with Crippen LogP contribution in [0.3, 0.4) is 0 Å². The highest BCUT2D eigenvalue weighted by Crippen LogP contribution is 2.13. The molecule has 8 heteroatoms. The van der Waals surface area contributed by atoms with Gasteiger partial charge in [-0.25, -0.2) is 4.39 Å². The highest BCUT2D eigenvalue weighted by Gasteiger charge is 2.12. The number of hydrogen-bond acceptors (Lipinski definition) is 3. The van der Waals surface area contributed by atoms with Crippen molar-refractivity contribution in [1.82, 2.24) is 15.1 Å². The van der Waals surface area contributed by atoms with Crippen molar-refractivity contribution in [2.75, 3.05) is 11.9 Å². The van der Waals surface area contributed by atoms with Gasteiger partial charge in [0.1, 0.15) is 5.82 Å². The summed E-state index contributed by atoms with van der Waals surface area (Å²) in [6, 6.07) is 12.5. The maximum Gasteiger partial charge on any atom is 0.257 e. The molecule has 0 unspecified atom stereocenters. The summed E-state index contributed by atoms with van der Waals surface area (Å²) in [5, 5.41) is 10.7. The van der Waals surface area contributed by atoms with Gasteiger partial charge in [0.25, 0.3) is 5.91 Å². The van der Waals surface area contributed by atoms with E-state index in [2.05, 4.69) is 20.7 Å². The second kappa shape index (κ2) is 9.54. The van der Waals surface area contributed by atoms with Gasteiger partial charge in [-0.3, -0.25) is 19.8 Å². The molecule has 2 N–H and O–H groups in total. The highest BCUT2D eigenvalue weighted by molar-refractivity contribution is 6.30. The van der Waals surface area contributed by atoms with Crippen molar-refractivity contribution in [1.29, 1.82) is 0 Å². The van der Waals surface area contributed by atoms with Crippen LogP contribution in [0.1, 0.15) is 27.3 Å². The van der Waals surface area contributed by atoms with Crippen LogP contribution < -0.4 is 10.6 Å². The first kappa shape index (κ1) is 21.5. The van der Waals surface area contributed by atoms with Gasteiger partial charge < -0.3 is 5.32 Å². The molecule has 0 radical (unpaired) electrons. The monoisotopic (exact) mass is 427 g/mol. The van der Waals surface area contributed by atoms with Gasteiger partial charge in [0, 0.05) is 35.6 Å². The number of carbonyl (C=O) groups excluding carboxylic acids is 1. The summed E-state index contributed by atoms with van der Waals surface area (Å²) >= 11 is 5.89. The molecule has 1 amide bonds. The molecule has 0 aliphatic carbocycles. The molecule has 0 atom stereocenters. The van der Waals surface area contributed by atoms with Crippen molar-refractivity contribution in [3.63, 3.8) is 0 Å². The summed E-state index contributed by atoms with van der Waals surface area (Å²) in [5.41, 5.74) is 4.07. The molecular formula is C22H23ClFN5O. The molecule has 156 valence electrons. The van der Waals surface area contributed by atoms with Crippen LogP contribution in [0.25, 0.3) is 0 Å². The molecule has 1 aromatic heterocycles. The van der Waals surface area contributed by atoms with Crippen molar-refractivity contribution >= 4 is 29.2 Å². The second-order valence-electron chi connectivity index (χ2n) is 6.85. The number of amides is 1. The minimum absolute atomic E-state index is 0.236. The molecule has 1 heterocycles. The third-order valence-electron chi connectivity index (χ3n) is 4.72. The third-order valence-corrected chi connectivity index (χ3v) is 4.97. The first-order valence-electron chi connectivity index (χ1n) is 9.46. The molecule has 0 bridgehead atoms. The summed E-state index contributed by atoms with van der Waals surface area (Å²) in [4.78, 5) is 17.1. The zero-order valence-corrected chi connectivity index (χ0v) is 17.8. The summed E-state index contributed by atoms with van der Waals surface area (Å²) in [6.45, 7) is 4.39. The fourth-order valence-corrected chi connectivity index (χ4v) is 3.18. The number of nitrogens with one attached hydrogen (secondary N) is 2. The smallest absolute Gasteiger partial charge is 0.257 e. The molecule has 0 fully saturated rings. The van der Waals surface area contributed by atoms with Gasteiger partial charge in [-0.05, 0) is 68.3 Å². The SMILES string of the molecule is Cc1nn(C)c(C)c1CCN=C(NC(=O)c1ccc(Cl)cc1)Nc1cccc(F)c1. The van der Waals surface area contributed by atoms with Crippen molar-refractivity contribution in [3.8, 4) is 0 Å². The van der Waals surface area contributed by atoms with Crippen molar-refractivity contribution in [2.24, 2.45) is 12.0 Å². The lowest BCUT2D eigenvalue weighted by Gasteiger charge is -2.12. The first-order chi connectivity index (χ1) is 14.3. The zero-order valence-electron chi connectivity index (χ0n) is 17.0. The fourth-order valence-electron chi connectivity index (χ4n) is 3.05. The second-order valence-corrected chi connectivity index (χ2v) is 7.29. The Morgan fingerprint density at radius 1 is 1.20 bits per heavy atom. The van der Waals surface area contributed by atoms with E-state index in [1.54, 1.807) is 36.4 Å². The first-order valence-corrected chi connectivity index (χ1v) is 9.84. The highest BCUT2D eigenvalue weighted by atomic mass is 35.5. The number of guanidine groups is 1. The van der Waals surface area contributed by atoms with Crippen LogP contribution in [-0.4, -0.2) is 28.2 Å². The number of halogens is 2. The van der Waals surface area contributed by atoms with Crippen LogP contribution in [0.4, 0.5) is 10.1 Å². The van der Waals surface area contributed by atoms with Gasteiger partial charge >= 0.3 is 0 Å². The molecule has 0 saturated heterocycles. The standard InChI is InChI=1S/C22H23ClFN5O/c1-14-20(15(2)29(3)28-14)11-12-25-22(26-19-6-4-5-18(24)13-19)27-21(30)16-7-9-17(23)10-8-16/h4-10,13H,11-12H2,1-3H3,(H2,25,26,27,30). The van der Waals surface area contributed by atoms with E-state index in [0.29, 0.717) is 29.2 Å². The minimum Gasteiger partial charge on any atom is -0.326 e. The average molecular weight is 428 g/mol. The Balaban J connectivity index is 1.78. The molecule has 3 aromatic rings. The van der Waals surface area contributed by atoms with E-state index in [1.165, 1.54) is 12.1 Å². The average Bonchev–Trinajstić information content (AvgIpc) is 2.94. The summed E-state index contributed by atoms with van der Waals surface area (Å²) < 4.78 is 15.4. The van der Waals surface area contributed by atoms with E-state index in [9.17, 15) is 9.18 Å². The molecule has 0 saturated carbocycles. The summed E-state index contributed by atoms with van der Waals surface area (Å²) in [7, 11) is 1.90. The van der Waals surface area contributed by atoms with E-state index in [-0.39, 0.29) is 17.7 Å². The Hall–Kier alpha value is -3.19. The number of benzene rings is 2. The molecule has 0 spiro atoms. The van der Waals surface area contributed by atoms with Crippen LogP contribution >= 0.6 is 11.6 Å². The summed E-state index contributed by atoms with van der Waals surface area (Å²) in [5.74, 6) is -0.493. The van der Waals surface area contributed by atoms with Crippen molar-refractivity contribution < 1.29 is 9.18 Å². The third kappa shape index (κ3) is 5.45. The quantitative estimate of drug-likeness (QED) is 0.472. The number of aromatic nitrogens is 2. The maximum absolute atomic E-state index is 13.6. The normalized spacial score (nSPS) is 11.4. The van der Waals surface area contributed by atoms with E-state index in [1.807, 2.05) is 25.6 Å². The van der Waals surface area contributed by atoms with E-state index in [4.69, 9.17) is 11.6 Å². The minimum atomic E-state index is -0.384. The molecule has 3 rings (SSSR count). The Labute approximate surface area is 179 Å². The molecular weight excluding hydrogens is 405 g/mol. The largest absolute Gasteiger partial charge is 0.326 e. The van der Waals surface area contributed by atoms with Crippen LogP contribution in [0.5, 0.6) is 0 Å². The Kier molecular flexibility index (Phi) is 6.84. The number of anilines is 1. The van der Waals surface area contributed by atoms with E-state index < -0.39 is 0 Å². The Bertz CT molecular complexity index is 1080. The topological polar surface area (TPSA) is 71.3 Å². The number of aryl methyl sites for hydroxylation is 2. The van der Waals surface area contributed by atoms with Gasteiger partial charge in [0.15, 0.2) is 0 Å². The van der Waals surface area contributed by atoms with Crippen LogP contribution in [0, 0.1) is 19.7 Å². The van der Waals surface area contributed by atoms with E-state index >= 15 is 0 Å². The van der Waals surface area contributed by atoms with Crippen LogP contribution in [0.15, 0.2) is 53.5 Å². The van der Waals surface area contributed by atoms with Gasteiger partial charge in [-0.15, -0.1) is 0 Å². The lowest BCUT2D eigenvalue weighted by Crippen LogP contribution is -2.36. The molecule has 0 aliphatic heterocycles. The molecule has 0 aliphatic rings. The number of aliphatic imine (C=N–C) groups is 1. The number of carbonyl (C=O) groups is 1. The molecule has 30 heavy (non-hydrogen) atoms. The maximum atomic E-state index is 13.6. The van der Waals surface area contributed by atoms with Gasteiger partial charge in [0.2, 0.25) is 5.96 Å².